The van der Waals surface area contributed by atoms with E-state index in [2.05, 4.69) is 13.2 Å². The standard InChI is InChI=1S/C6H10O.C5H12O2/c1-3-5-7-6-4-2;1-5(2,3-6)4-7/h3-4H,1-2,5-6H2;6-7H,3-4H2,1-2H3. The first kappa shape index (κ1) is 15.8. The summed E-state index contributed by atoms with van der Waals surface area (Å²) in [7, 11) is 0. The Kier molecular flexibility index (Phi) is 11.8. The Bertz CT molecular complexity index is 127. The molecule has 84 valence electrons. The van der Waals surface area contributed by atoms with Gasteiger partial charge in [0.15, 0.2) is 0 Å². The van der Waals surface area contributed by atoms with E-state index >= 15 is 0 Å². The summed E-state index contributed by atoms with van der Waals surface area (Å²) in [5.74, 6) is 0. The van der Waals surface area contributed by atoms with Gasteiger partial charge in [0.05, 0.1) is 26.4 Å². The molecule has 0 radical (unpaired) electrons. The number of aliphatic hydroxyl groups is 2. The van der Waals surface area contributed by atoms with Gasteiger partial charge in [-0.15, -0.1) is 13.2 Å². The van der Waals surface area contributed by atoms with Crippen molar-refractivity contribution < 1.29 is 14.9 Å². The maximum absolute atomic E-state index is 8.43. The molecule has 0 fully saturated rings. The van der Waals surface area contributed by atoms with Gasteiger partial charge in [0.2, 0.25) is 0 Å². The van der Waals surface area contributed by atoms with Gasteiger partial charge in [0.1, 0.15) is 0 Å². The van der Waals surface area contributed by atoms with Crippen LogP contribution in [0, 0.1) is 5.41 Å². The van der Waals surface area contributed by atoms with Crippen LogP contribution in [0.2, 0.25) is 0 Å². The van der Waals surface area contributed by atoms with E-state index in [1.165, 1.54) is 0 Å². The van der Waals surface area contributed by atoms with Crippen molar-refractivity contribution in [2.24, 2.45) is 5.41 Å². The minimum absolute atomic E-state index is 0.0451. The van der Waals surface area contributed by atoms with Gasteiger partial charge in [-0.05, 0) is 0 Å². The zero-order valence-corrected chi connectivity index (χ0v) is 9.20. The number of rotatable bonds is 6. The smallest absolute Gasteiger partial charge is 0.0649 e. The van der Waals surface area contributed by atoms with Crippen LogP contribution in [0.3, 0.4) is 0 Å². The van der Waals surface area contributed by atoms with E-state index in [-0.39, 0.29) is 18.6 Å². The summed E-state index contributed by atoms with van der Waals surface area (Å²) in [5, 5.41) is 16.9. The van der Waals surface area contributed by atoms with Crippen LogP contribution in [0.25, 0.3) is 0 Å². The van der Waals surface area contributed by atoms with E-state index in [1.54, 1.807) is 26.0 Å². The number of hydrogen-bond acceptors (Lipinski definition) is 3. The Balaban J connectivity index is 0. The third kappa shape index (κ3) is 13.9. The topological polar surface area (TPSA) is 49.7 Å². The Morgan fingerprint density at radius 2 is 1.43 bits per heavy atom. The number of ether oxygens (including phenoxy) is 1. The fraction of sp³-hybridized carbons (Fsp3) is 0.636. The van der Waals surface area contributed by atoms with Gasteiger partial charge in [0.25, 0.3) is 0 Å². The van der Waals surface area contributed by atoms with E-state index in [1.807, 2.05) is 0 Å². The lowest BCUT2D eigenvalue weighted by Gasteiger charge is -2.16. The van der Waals surface area contributed by atoms with Gasteiger partial charge in [-0.1, -0.05) is 26.0 Å². The van der Waals surface area contributed by atoms with Crippen LogP contribution in [0.1, 0.15) is 13.8 Å². The van der Waals surface area contributed by atoms with Gasteiger partial charge < -0.3 is 14.9 Å². The Labute approximate surface area is 86.7 Å². The molecule has 0 unspecified atom stereocenters. The Morgan fingerprint density at radius 1 is 1.07 bits per heavy atom. The molecule has 0 aromatic carbocycles. The highest BCUT2D eigenvalue weighted by Gasteiger charge is 2.13. The van der Waals surface area contributed by atoms with Crippen molar-refractivity contribution in [2.45, 2.75) is 13.8 Å². The summed E-state index contributed by atoms with van der Waals surface area (Å²) in [6.45, 7) is 11.9. The first-order valence-electron chi connectivity index (χ1n) is 4.55. The van der Waals surface area contributed by atoms with E-state index in [4.69, 9.17) is 14.9 Å². The third-order valence-corrected chi connectivity index (χ3v) is 1.33. The van der Waals surface area contributed by atoms with Gasteiger partial charge in [0, 0.05) is 5.41 Å². The van der Waals surface area contributed by atoms with Crippen LogP contribution < -0.4 is 0 Å². The molecule has 0 atom stereocenters. The average molecular weight is 202 g/mol. The molecule has 0 aliphatic rings. The van der Waals surface area contributed by atoms with Crippen molar-refractivity contribution in [3.63, 3.8) is 0 Å². The minimum Gasteiger partial charge on any atom is -0.396 e. The molecule has 14 heavy (non-hydrogen) atoms. The van der Waals surface area contributed by atoms with Crippen molar-refractivity contribution in [1.82, 2.24) is 0 Å². The van der Waals surface area contributed by atoms with Crippen LogP contribution in [-0.4, -0.2) is 36.6 Å². The van der Waals surface area contributed by atoms with Crippen molar-refractivity contribution in [1.29, 1.82) is 0 Å². The molecule has 0 amide bonds. The lowest BCUT2D eigenvalue weighted by atomic mass is 9.97. The quantitative estimate of drug-likeness (QED) is 0.505. The Morgan fingerprint density at radius 3 is 1.57 bits per heavy atom. The van der Waals surface area contributed by atoms with Crippen LogP contribution in [0.4, 0.5) is 0 Å². The van der Waals surface area contributed by atoms with Crippen molar-refractivity contribution in [2.75, 3.05) is 26.4 Å². The molecule has 0 aliphatic heterocycles. The fourth-order valence-corrected chi connectivity index (χ4v) is 0.285. The SMILES string of the molecule is C=CCOCC=C.CC(C)(CO)CO. The summed E-state index contributed by atoms with van der Waals surface area (Å²) in [5.41, 5.74) is -0.306. The van der Waals surface area contributed by atoms with Crippen molar-refractivity contribution in [3.8, 4) is 0 Å². The molecule has 0 aliphatic carbocycles. The molecule has 3 heteroatoms. The number of hydrogen-bond donors (Lipinski definition) is 2. The van der Waals surface area contributed by atoms with Crippen LogP contribution in [0.5, 0.6) is 0 Å². The van der Waals surface area contributed by atoms with E-state index in [9.17, 15) is 0 Å². The van der Waals surface area contributed by atoms with E-state index < -0.39 is 0 Å². The lowest BCUT2D eigenvalue weighted by Crippen LogP contribution is -2.20. The first-order valence-corrected chi connectivity index (χ1v) is 4.55. The summed E-state index contributed by atoms with van der Waals surface area (Å²) in [4.78, 5) is 0. The maximum atomic E-state index is 8.43. The van der Waals surface area contributed by atoms with Gasteiger partial charge in [-0.3, -0.25) is 0 Å². The van der Waals surface area contributed by atoms with Crippen LogP contribution in [0.15, 0.2) is 25.3 Å². The largest absolute Gasteiger partial charge is 0.396 e. The molecular formula is C11H22O3. The molecule has 0 heterocycles. The number of aliphatic hydroxyl groups excluding tert-OH is 2. The average Bonchev–Trinajstić information content (AvgIpc) is 2.20. The van der Waals surface area contributed by atoms with Crippen molar-refractivity contribution in [3.05, 3.63) is 25.3 Å². The summed E-state index contributed by atoms with van der Waals surface area (Å²) in [6, 6.07) is 0. The molecular weight excluding hydrogens is 180 g/mol. The molecule has 0 saturated carbocycles. The monoisotopic (exact) mass is 202 g/mol. The van der Waals surface area contributed by atoms with Crippen molar-refractivity contribution >= 4 is 0 Å². The van der Waals surface area contributed by atoms with Gasteiger partial charge in [-0.25, -0.2) is 0 Å². The molecule has 0 aromatic rings. The maximum Gasteiger partial charge on any atom is 0.0649 e. The lowest BCUT2D eigenvalue weighted by molar-refractivity contribution is 0.0857. The predicted octanol–water partition coefficient (Wildman–Crippen LogP) is 1.37. The zero-order valence-electron chi connectivity index (χ0n) is 9.20. The van der Waals surface area contributed by atoms with Gasteiger partial charge in [-0.2, -0.15) is 0 Å². The molecule has 0 bridgehead atoms. The second-order valence-corrected chi connectivity index (χ2v) is 3.60. The van der Waals surface area contributed by atoms with Gasteiger partial charge >= 0.3 is 0 Å². The second-order valence-electron chi connectivity index (χ2n) is 3.60. The van der Waals surface area contributed by atoms with Crippen LogP contribution >= 0.6 is 0 Å². The summed E-state index contributed by atoms with van der Waals surface area (Å²) >= 11 is 0. The highest BCUT2D eigenvalue weighted by Crippen LogP contribution is 2.10. The molecule has 3 nitrogen and oxygen atoms in total. The fourth-order valence-electron chi connectivity index (χ4n) is 0.285. The molecule has 2 N–H and O–H groups in total. The summed E-state index contributed by atoms with van der Waals surface area (Å²) < 4.78 is 4.90. The van der Waals surface area contributed by atoms with Crippen LogP contribution in [-0.2, 0) is 4.74 Å². The highest BCUT2D eigenvalue weighted by atomic mass is 16.5. The molecule has 0 spiro atoms. The predicted molar refractivity (Wildman–Crippen MR) is 59.2 cm³/mol. The third-order valence-electron chi connectivity index (χ3n) is 1.33. The Hall–Kier alpha value is -0.640. The molecule has 0 saturated heterocycles. The van der Waals surface area contributed by atoms with E-state index in [0.717, 1.165) is 0 Å². The second kappa shape index (κ2) is 10.4. The normalized spacial score (nSPS) is 10.0. The molecule has 0 rings (SSSR count). The van der Waals surface area contributed by atoms with E-state index in [0.29, 0.717) is 13.2 Å². The minimum atomic E-state index is -0.306. The molecule has 0 aromatic heterocycles. The first-order chi connectivity index (χ1) is 6.54. The highest BCUT2D eigenvalue weighted by molar-refractivity contribution is 4.68. The zero-order chi connectivity index (χ0) is 11.4. The summed E-state index contributed by atoms with van der Waals surface area (Å²) in [6.07, 6.45) is 3.42.